The molecule has 9 heteroatoms. The van der Waals surface area contributed by atoms with Gasteiger partial charge >= 0.3 is 0 Å². The van der Waals surface area contributed by atoms with Gasteiger partial charge in [0.25, 0.3) is 0 Å². The van der Waals surface area contributed by atoms with Crippen LogP contribution in [0.15, 0.2) is 66.0 Å². The first kappa shape index (κ1) is 20.4. The lowest BCUT2D eigenvalue weighted by Crippen LogP contribution is -2.08. The number of nitrogen functional groups attached to an aromatic ring is 1. The average Bonchev–Trinajstić information content (AvgIpc) is 3.42. The Bertz CT molecular complexity index is 1380. The second-order valence-electron chi connectivity index (χ2n) is 7.11. The predicted octanol–water partition coefficient (Wildman–Crippen LogP) is 5.57. The third-order valence-corrected chi connectivity index (χ3v) is 6.26. The second-order valence-corrected chi connectivity index (χ2v) is 8.55. The summed E-state index contributed by atoms with van der Waals surface area (Å²) in [5.74, 6) is 0.461. The van der Waals surface area contributed by atoms with Gasteiger partial charge in [-0.15, -0.1) is 16.4 Å². The molecule has 5 rings (SSSR count). The van der Waals surface area contributed by atoms with Crippen LogP contribution in [0.25, 0.3) is 28.0 Å². The van der Waals surface area contributed by atoms with Crippen LogP contribution in [0.4, 0.5) is 16.2 Å². The molecule has 3 aromatic heterocycles. The van der Waals surface area contributed by atoms with E-state index in [-0.39, 0.29) is 5.82 Å². The molecule has 0 unspecified atom stereocenters. The summed E-state index contributed by atoms with van der Waals surface area (Å²) >= 11 is 8.08. The van der Waals surface area contributed by atoms with Crippen molar-refractivity contribution in [3.63, 3.8) is 0 Å². The number of aromatic nitrogens is 4. The zero-order valence-corrected chi connectivity index (χ0v) is 18.4. The van der Waals surface area contributed by atoms with Crippen molar-refractivity contribution < 1.29 is 4.39 Å². The Hall–Kier alpha value is -3.49. The van der Waals surface area contributed by atoms with Gasteiger partial charge in [-0.2, -0.15) is 4.98 Å². The Morgan fingerprint density at radius 1 is 1.03 bits per heavy atom. The minimum atomic E-state index is -0.326. The maximum atomic E-state index is 13.5. The molecule has 0 aliphatic rings. The molecule has 6 nitrogen and oxygen atoms in total. The van der Waals surface area contributed by atoms with Crippen LogP contribution in [-0.2, 0) is 6.42 Å². The van der Waals surface area contributed by atoms with Crippen LogP contribution >= 0.6 is 22.9 Å². The van der Waals surface area contributed by atoms with Crippen LogP contribution in [0, 0.1) is 5.82 Å². The van der Waals surface area contributed by atoms with Gasteiger partial charge < -0.3 is 11.1 Å². The summed E-state index contributed by atoms with van der Waals surface area (Å²) in [6.07, 6.45) is 0.848. The molecule has 160 valence electrons. The third-order valence-electron chi connectivity index (χ3n) is 5.00. The highest BCUT2D eigenvalue weighted by atomic mass is 35.5. The van der Waals surface area contributed by atoms with E-state index >= 15 is 0 Å². The van der Waals surface area contributed by atoms with Crippen LogP contribution in [0.2, 0.25) is 5.02 Å². The highest BCUT2D eigenvalue weighted by Gasteiger charge is 2.20. The molecule has 0 amide bonds. The summed E-state index contributed by atoms with van der Waals surface area (Å²) < 4.78 is 15.1. The van der Waals surface area contributed by atoms with E-state index in [9.17, 15) is 4.39 Å². The van der Waals surface area contributed by atoms with Gasteiger partial charge in [0.15, 0.2) is 5.65 Å². The van der Waals surface area contributed by atoms with Crippen molar-refractivity contribution >= 4 is 45.7 Å². The lowest BCUT2D eigenvalue weighted by Gasteiger charge is -2.08. The number of nitrogens with two attached hydrogens (primary N) is 1. The fourth-order valence-corrected chi connectivity index (χ4v) is 4.39. The summed E-state index contributed by atoms with van der Waals surface area (Å²) in [6.45, 7) is 0.662. The highest BCUT2D eigenvalue weighted by Crippen LogP contribution is 2.34. The first-order chi connectivity index (χ1) is 15.6. The standard InChI is InChI=1S/C23H18ClFN6S/c24-17-5-1-2-6-18(17)31-21(26)19-20(14-7-9-15(25)10-8-14)28-23(29-22(19)30-31)27-12-11-16-4-3-13-32-16/h1-10,13H,11-12,26H2,(H,27,29,30). The molecule has 0 saturated heterocycles. The van der Waals surface area contributed by atoms with E-state index in [4.69, 9.17) is 22.3 Å². The number of halogens is 2. The van der Waals surface area contributed by atoms with E-state index < -0.39 is 0 Å². The number of fused-ring (bicyclic) bond motifs is 1. The fraction of sp³-hybridized carbons (Fsp3) is 0.0870. The van der Waals surface area contributed by atoms with Gasteiger partial charge in [-0.05, 0) is 54.3 Å². The number of hydrogen-bond acceptors (Lipinski definition) is 6. The molecule has 0 bridgehead atoms. The predicted molar refractivity (Wildman–Crippen MR) is 128 cm³/mol. The van der Waals surface area contributed by atoms with Gasteiger partial charge in [0.1, 0.15) is 11.6 Å². The van der Waals surface area contributed by atoms with E-state index in [0.717, 1.165) is 6.42 Å². The van der Waals surface area contributed by atoms with E-state index in [1.54, 1.807) is 34.2 Å². The van der Waals surface area contributed by atoms with Crippen LogP contribution in [0.3, 0.4) is 0 Å². The topological polar surface area (TPSA) is 81.7 Å². The molecule has 0 aliphatic carbocycles. The van der Waals surface area contributed by atoms with E-state index in [1.165, 1.54) is 17.0 Å². The van der Waals surface area contributed by atoms with E-state index in [1.807, 2.05) is 24.3 Å². The summed E-state index contributed by atoms with van der Waals surface area (Å²) in [5.41, 5.74) is 8.84. The quantitative estimate of drug-likeness (QED) is 0.343. The minimum Gasteiger partial charge on any atom is -0.383 e. The normalized spacial score (nSPS) is 11.2. The summed E-state index contributed by atoms with van der Waals surface area (Å²) in [7, 11) is 0. The Labute approximate surface area is 192 Å². The van der Waals surface area contributed by atoms with Crippen molar-refractivity contribution in [3.8, 4) is 16.9 Å². The number of hydrogen-bond donors (Lipinski definition) is 2. The van der Waals surface area contributed by atoms with Gasteiger partial charge in [0, 0.05) is 17.0 Å². The Balaban J connectivity index is 1.61. The van der Waals surface area contributed by atoms with Crippen molar-refractivity contribution in [1.82, 2.24) is 19.7 Å². The van der Waals surface area contributed by atoms with Crippen molar-refractivity contribution in [2.45, 2.75) is 6.42 Å². The van der Waals surface area contributed by atoms with Gasteiger partial charge in [-0.3, -0.25) is 0 Å². The molecule has 0 aliphatic heterocycles. The maximum absolute atomic E-state index is 13.5. The van der Waals surface area contributed by atoms with Crippen molar-refractivity contribution in [1.29, 1.82) is 0 Å². The first-order valence-corrected chi connectivity index (χ1v) is 11.2. The number of anilines is 2. The molecule has 3 N–H and O–H groups in total. The zero-order valence-electron chi connectivity index (χ0n) is 16.8. The maximum Gasteiger partial charge on any atom is 0.225 e. The van der Waals surface area contributed by atoms with Crippen molar-refractivity contribution in [3.05, 3.63) is 81.8 Å². The fourth-order valence-electron chi connectivity index (χ4n) is 3.47. The summed E-state index contributed by atoms with van der Waals surface area (Å²) in [4.78, 5) is 10.6. The molecule has 3 heterocycles. The lowest BCUT2D eigenvalue weighted by molar-refractivity contribution is 0.628. The number of para-hydroxylation sites is 1. The van der Waals surface area contributed by atoms with Crippen molar-refractivity contribution in [2.75, 3.05) is 17.6 Å². The number of rotatable bonds is 6. The molecular weight excluding hydrogens is 447 g/mol. The molecule has 0 atom stereocenters. The second kappa shape index (κ2) is 8.57. The first-order valence-electron chi connectivity index (χ1n) is 9.93. The van der Waals surface area contributed by atoms with Crippen LogP contribution in [0.1, 0.15) is 4.88 Å². The lowest BCUT2D eigenvalue weighted by atomic mass is 10.1. The Kier molecular flexibility index (Phi) is 5.46. The van der Waals surface area contributed by atoms with Crippen LogP contribution in [0.5, 0.6) is 0 Å². The van der Waals surface area contributed by atoms with Crippen LogP contribution in [-0.4, -0.2) is 26.3 Å². The Morgan fingerprint density at radius 2 is 1.84 bits per heavy atom. The molecule has 32 heavy (non-hydrogen) atoms. The largest absolute Gasteiger partial charge is 0.383 e. The van der Waals surface area contributed by atoms with Gasteiger partial charge in [0.05, 0.1) is 21.8 Å². The van der Waals surface area contributed by atoms with Gasteiger partial charge in [-0.1, -0.05) is 29.8 Å². The zero-order chi connectivity index (χ0) is 22.1. The van der Waals surface area contributed by atoms with Crippen LogP contribution < -0.4 is 11.1 Å². The van der Waals surface area contributed by atoms with Crippen molar-refractivity contribution in [2.24, 2.45) is 0 Å². The third kappa shape index (κ3) is 3.90. The molecule has 0 fully saturated rings. The summed E-state index contributed by atoms with van der Waals surface area (Å²) in [5, 5.41) is 11.0. The smallest absolute Gasteiger partial charge is 0.225 e. The highest BCUT2D eigenvalue weighted by molar-refractivity contribution is 7.09. The summed E-state index contributed by atoms with van der Waals surface area (Å²) in [6, 6.07) is 17.5. The molecule has 5 aromatic rings. The monoisotopic (exact) mass is 464 g/mol. The molecule has 0 saturated carbocycles. The Morgan fingerprint density at radius 3 is 2.59 bits per heavy atom. The molecular formula is C23H18ClFN6S. The molecule has 0 spiro atoms. The average molecular weight is 465 g/mol. The number of nitrogens with one attached hydrogen (secondary N) is 1. The SMILES string of the molecule is Nc1c2c(-c3ccc(F)cc3)nc(NCCc3cccs3)nc2nn1-c1ccccc1Cl. The minimum absolute atomic E-state index is 0.326. The molecule has 2 aromatic carbocycles. The van der Waals surface area contributed by atoms with Gasteiger partial charge in [0.2, 0.25) is 5.95 Å². The van der Waals surface area contributed by atoms with E-state index in [2.05, 4.69) is 26.8 Å². The number of benzene rings is 2. The number of nitrogens with zero attached hydrogens (tertiary/aromatic N) is 4. The van der Waals surface area contributed by atoms with Gasteiger partial charge in [-0.25, -0.2) is 14.1 Å². The number of thiophene rings is 1. The van der Waals surface area contributed by atoms with E-state index in [0.29, 0.717) is 51.3 Å². The molecule has 0 radical (unpaired) electrons.